The number of methoxy groups -OCH3 is 1. The van der Waals surface area contributed by atoms with Gasteiger partial charge in [0.05, 0.1) is 24.7 Å². The summed E-state index contributed by atoms with van der Waals surface area (Å²) >= 11 is 0. The molecule has 130 valence electrons. The average molecular weight is 354 g/mol. The number of rotatable bonds is 4. The van der Waals surface area contributed by atoms with Gasteiger partial charge in [-0.2, -0.15) is 8.78 Å². The molecule has 25 heavy (non-hydrogen) atoms. The van der Waals surface area contributed by atoms with Gasteiger partial charge in [0.1, 0.15) is 6.10 Å². The standard InChI is InChI=1S/C17H10F4O4/c1-24-16-14(20)12(18)11(13(19)15(16)21)9(22)6-10-7-4-2-3-5-8(7)17(23)25-10/h2-5,10H,6H2,1H3. The van der Waals surface area contributed by atoms with Crippen molar-refractivity contribution in [2.45, 2.75) is 12.5 Å². The number of carbonyl (C=O) groups excluding carboxylic acids is 2. The van der Waals surface area contributed by atoms with Gasteiger partial charge in [-0.3, -0.25) is 4.79 Å². The molecule has 3 rings (SSSR count). The van der Waals surface area contributed by atoms with E-state index >= 15 is 0 Å². The van der Waals surface area contributed by atoms with Crippen LogP contribution in [0.25, 0.3) is 0 Å². The summed E-state index contributed by atoms with van der Waals surface area (Å²) < 4.78 is 64.7. The van der Waals surface area contributed by atoms with Crippen LogP contribution < -0.4 is 4.74 Å². The molecule has 1 unspecified atom stereocenters. The van der Waals surface area contributed by atoms with Crippen LogP contribution in [0.5, 0.6) is 5.75 Å². The zero-order valence-corrected chi connectivity index (χ0v) is 12.7. The predicted molar refractivity (Wildman–Crippen MR) is 76.4 cm³/mol. The Labute approximate surface area is 139 Å². The van der Waals surface area contributed by atoms with Crippen molar-refractivity contribution in [3.8, 4) is 5.75 Å². The zero-order chi connectivity index (χ0) is 18.3. The van der Waals surface area contributed by atoms with Crippen molar-refractivity contribution in [1.82, 2.24) is 0 Å². The molecule has 0 radical (unpaired) electrons. The number of Topliss-reactive ketones (excluding diaryl/α,β-unsaturated/α-hetero) is 1. The van der Waals surface area contributed by atoms with Gasteiger partial charge in [-0.05, 0) is 6.07 Å². The Bertz CT molecular complexity index is 865. The number of benzene rings is 2. The summed E-state index contributed by atoms with van der Waals surface area (Å²) in [7, 11) is 0.830. The molecule has 0 saturated heterocycles. The first-order valence-corrected chi connectivity index (χ1v) is 7.09. The van der Waals surface area contributed by atoms with Crippen molar-refractivity contribution < 1.29 is 36.6 Å². The lowest BCUT2D eigenvalue weighted by Gasteiger charge is -2.13. The van der Waals surface area contributed by atoms with E-state index in [0.717, 1.165) is 7.11 Å². The maximum absolute atomic E-state index is 14.0. The number of halogens is 4. The molecule has 0 N–H and O–H groups in total. The third-order valence-electron chi connectivity index (χ3n) is 3.85. The molecule has 0 saturated carbocycles. The first-order chi connectivity index (χ1) is 11.9. The SMILES string of the molecule is COc1c(F)c(F)c(C(=O)CC2OC(=O)c3ccccc32)c(F)c1F. The Morgan fingerprint density at radius 3 is 2.28 bits per heavy atom. The molecule has 1 heterocycles. The average Bonchev–Trinajstić information content (AvgIpc) is 2.90. The number of hydrogen-bond donors (Lipinski definition) is 0. The Hall–Kier alpha value is -2.90. The van der Waals surface area contributed by atoms with Crippen molar-refractivity contribution >= 4 is 11.8 Å². The van der Waals surface area contributed by atoms with Gasteiger partial charge in [-0.15, -0.1) is 0 Å². The fraction of sp³-hybridized carbons (Fsp3) is 0.176. The molecule has 0 amide bonds. The van der Waals surface area contributed by atoms with E-state index < -0.39 is 58.9 Å². The van der Waals surface area contributed by atoms with Gasteiger partial charge in [0, 0.05) is 5.56 Å². The van der Waals surface area contributed by atoms with Crippen LogP contribution in [-0.4, -0.2) is 18.9 Å². The Morgan fingerprint density at radius 1 is 1.08 bits per heavy atom. The predicted octanol–water partition coefficient (Wildman–Crippen LogP) is 3.74. The Balaban J connectivity index is 1.97. The second-order valence-electron chi connectivity index (χ2n) is 5.27. The van der Waals surface area contributed by atoms with E-state index in [1.165, 1.54) is 12.1 Å². The minimum Gasteiger partial charge on any atom is -0.491 e. The molecular formula is C17H10F4O4. The van der Waals surface area contributed by atoms with Gasteiger partial charge in [0.15, 0.2) is 23.2 Å². The van der Waals surface area contributed by atoms with Gasteiger partial charge in [0.25, 0.3) is 0 Å². The maximum atomic E-state index is 14.0. The topological polar surface area (TPSA) is 52.6 Å². The summed E-state index contributed by atoms with van der Waals surface area (Å²) in [6.45, 7) is 0. The molecule has 8 heteroatoms. The molecular weight excluding hydrogens is 344 g/mol. The monoisotopic (exact) mass is 354 g/mol. The number of ether oxygens (including phenoxy) is 2. The van der Waals surface area contributed by atoms with Crippen molar-refractivity contribution in [2.75, 3.05) is 7.11 Å². The van der Waals surface area contributed by atoms with E-state index in [1.54, 1.807) is 12.1 Å². The summed E-state index contributed by atoms with van der Waals surface area (Å²) in [5.41, 5.74) is -0.805. The number of ketones is 1. The molecule has 0 aliphatic carbocycles. The number of cyclic esters (lactones) is 1. The molecule has 2 aromatic rings. The van der Waals surface area contributed by atoms with Crippen LogP contribution in [0.2, 0.25) is 0 Å². The quantitative estimate of drug-likeness (QED) is 0.363. The molecule has 1 atom stereocenters. The van der Waals surface area contributed by atoms with E-state index in [2.05, 4.69) is 4.74 Å². The fourth-order valence-corrected chi connectivity index (χ4v) is 2.68. The lowest BCUT2D eigenvalue weighted by Crippen LogP contribution is -2.15. The Morgan fingerprint density at radius 2 is 1.68 bits per heavy atom. The highest BCUT2D eigenvalue weighted by Crippen LogP contribution is 2.36. The second-order valence-corrected chi connectivity index (χ2v) is 5.27. The highest BCUT2D eigenvalue weighted by atomic mass is 19.2. The number of esters is 1. The van der Waals surface area contributed by atoms with Crippen molar-refractivity contribution in [2.24, 2.45) is 0 Å². The van der Waals surface area contributed by atoms with E-state index in [0.29, 0.717) is 5.56 Å². The van der Waals surface area contributed by atoms with Crippen LogP contribution in [0, 0.1) is 23.3 Å². The maximum Gasteiger partial charge on any atom is 0.339 e. The Kier molecular flexibility index (Phi) is 4.20. The van der Waals surface area contributed by atoms with Crippen LogP contribution in [0.1, 0.15) is 38.8 Å². The molecule has 1 aliphatic rings. The van der Waals surface area contributed by atoms with Gasteiger partial charge < -0.3 is 9.47 Å². The van der Waals surface area contributed by atoms with Crippen LogP contribution in [0.3, 0.4) is 0 Å². The van der Waals surface area contributed by atoms with Crippen LogP contribution in [0.4, 0.5) is 17.6 Å². The molecule has 4 nitrogen and oxygen atoms in total. The summed E-state index contributed by atoms with van der Waals surface area (Å²) in [6, 6.07) is 6.15. The van der Waals surface area contributed by atoms with Crippen molar-refractivity contribution in [1.29, 1.82) is 0 Å². The lowest BCUT2D eigenvalue weighted by molar-refractivity contribution is 0.0366. The fourth-order valence-electron chi connectivity index (χ4n) is 2.68. The lowest BCUT2D eigenvalue weighted by atomic mass is 9.97. The highest BCUT2D eigenvalue weighted by Gasteiger charge is 2.36. The van der Waals surface area contributed by atoms with E-state index in [4.69, 9.17) is 4.74 Å². The number of fused-ring (bicyclic) bond motifs is 1. The number of hydrogen-bond acceptors (Lipinski definition) is 4. The van der Waals surface area contributed by atoms with Gasteiger partial charge in [-0.25, -0.2) is 13.6 Å². The summed E-state index contributed by atoms with van der Waals surface area (Å²) in [4.78, 5) is 23.9. The summed E-state index contributed by atoms with van der Waals surface area (Å²) in [5.74, 6) is -10.5. The summed E-state index contributed by atoms with van der Waals surface area (Å²) in [6.07, 6.45) is -1.76. The molecule has 0 bridgehead atoms. The van der Waals surface area contributed by atoms with Crippen LogP contribution in [0.15, 0.2) is 24.3 Å². The highest BCUT2D eigenvalue weighted by molar-refractivity contribution is 5.99. The first kappa shape index (κ1) is 16.9. The molecule has 0 fully saturated rings. The molecule has 0 spiro atoms. The molecule has 0 aromatic heterocycles. The van der Waals surface area contributed by atoms with Crippen molar-refractivity contribution in [3.05, 3.63) is 64.2 Å². The van der Waals surface area contributed by atoms with Gasteiger partial charge in [0.2, 0.25) is 11.6 Å². The minimum atomic E-state index is -1.86. The zero-order valence-electron chi connectivity index (χ0n) is 12.7. The molecule has 1 aliphatic heterocycles. The van der Waals surface area contributed by atoms with E-state index in [1.807, 2.05) is 0 Å². The van der Waals surface area contributed by atoms with E-state index in [9.17, 15) is 27.2 Å². The molecule has 2 aromatic carbocycles. The minimum absolute atomic E-state index is 0.216. The van der Waals surface area contributed by atoms with E-state index in [-0.39, 0.29) is 5.56 Å². The number of carbonyl (C=O) groups is 2. The largest absolute Gasteiger partial charge is 0.491 e. The third-order valence-corrected chi connectivity index (χ3v) is 3.85. The van der Waals surface area contributed by atoms with Crippen molar-refractivity contribution in [3.63, 3.8) is 0 Å². The normalized spacial score (nSPS) is 15.7. The second kappa shape index (κ2) is 6.19. The van der Waals surface area contributed by atoms with Crippen LogP contribution >= 0.6 is 0 Å². The third kappa shape index (κ3) is 2.63. The van der Waals surface area contributed by atoms with Crippen LogP contribution in [-0.2, 0) is 4.74 Å². The summed E-state index contributed by atoms with van der Waals surface area (Å²) in [5, 5.41) is 0. The van der Waals surface area contributed by atoms with Gasteiger partial charge in [-0.1, -0.05) is 18.2 Å². The first-order valence-electron chi connectivity index (χ1n) is 7.09. The van der Waals surface area contributed by atoms with Gasteiger partial charge >= 0.3 is 5.97 Å². The smallest absolute Gasteiger partial charge is 0.339 e.